The van der Waals surface area contributed by atoms with E-state index >= 15 is 0 Å². The number of aromatic nitrogens is 2. The van der Waals surface area contributed by atoms with Crippen molar-refractivity contribution in [2.75, 3.05) is 12.8 Å². The van der Waals surface area contributed by atoms with Crippen LogP contribution in [0.1, 0.15) is 35.5 Å². The van der Waals surface area contributed by atoms with Crippen LogP contribution in [0.2, 0.25) is 0 Å². The Balaban J connectivity index is 2.04. The molecule has 0 amide bonds. The first kappa shape index (κ1) is 16.0. The van der Waals surface area contributed by atoms with Crippen molar-refractivity contribution in [3.05, 3.63) is 52.8 Å². The number of benzene rings is 1. The fourth-order valence-electron chi connectivity index (χ4n) is 2.25. The molecule has 21 heavy (non-hydrogen) atoms. The summed E-state index contributed by atoms with van der Waals surface area (Å²) < 4.78 is 0. The van der Waals surface area contributed by atoms with E-state index < -0.39 is 0 Å². The van der Waals surface area contributed by atoms with Crippen molar-refractivity contribution < 1.29 is 0 Å². The van der Waals surface area contributed by atoms with Crippen molar-refractivity contribution in [1.82, 2.24) is 15.3 Å². The maximum absolute atomic E-state index is 4.49. The lowest BCUT2D eigenvalue weighted by molar-refractivity contribution is 0.660. The lowest BCUT2D eigenvalue weighted by Crippen LogP contribution is -2.18. The van der Waals surface area contributed by atoms with Crippen molar-refractivity contribution in [1.29, 1.82) is 0 Å². The highest BCUT2D eigenvalue weighted by atomic mass is 32.2. The summed E-state index contributed by atoms with van der Waals surface area (Å²) in [7, 11) is 2.00. The van der Waals surface area contributed by atoms with Crippen LogP contribution < -0.4 is 5.32 Å². The summed E-state index contributed by atoms with van der Waals surface area (Å²) in [5.41, 5.74) is 4.74. The number of hydrogen-bond donors (Lipinski definition) is 1. The molecule has 1 unspecified atom stereocenters. The van der Waals surface area contributed by atoms with Crippen LogP contribution in [0.4, 0.5) is 0 Å². The van der Waals surface area contributed by atoms with Gasteiger partial charge in [0.15, 0.2) is 5.16 Å². The number of hydrogen-bond acceptors (Lipinski definition) is 4. The van der Waals surface area contributed by atoms with Gasteiger partial charge in [0, 0.05) is 23.2 Å². The van der Waals surface area contributed by atoms with Crippen LogP contribution in [0.5, 0.6) is 0 Å². The minimum absolute atomic E-state index is 0.310. The Morgan fingerprint density at radius 1 is 1.10 bits per heavy atom. The van der Waals surface area contributed by atoms with Crippen molar-refractivity contribution in [3.8, 4) is 0 Å². The summed E-state index contributed by atoms with van der Waals surface area (Å²) in [6.07, 6.45) is 1.08. The topological polar surface area (TPSA) is 37.8 Å². The second-order valence-electron chi connectivity index (χ2n) is 5.18. The van der Waals surface area contributed by atoms with Gasteiger partial charge in [-0.2, -0.15) is 0 Å². The van der Waals surface area contributed by atoms with Crippen LogP contribution in [0.15, 0.2) is 35.5 Å². The maximum Gasteiger partial charge on any atom is 0.188 e. The third-order valence-electron chi connectivity index (χ3n) is 3.48. The van der Waals surface area contributed by atoms with Gasteiger partial charge in [0.1, 0.15) is 0 Å². The van der Waals surface area contributed by atoms with Gasteiger partial charge in [-0.1, -0.05) is 43.0 Å². The van der Waals surface area contributed by atoms with Gasteiger partial charge < -0.3 is 5.32 Å². The quantitative estimate of drug-likeness (QED) is 0.652. The van der Waals surface area contributed by atoms with Crippen LogP contribution in [0.3, 0.4) is 0 Å². The van der Waals surface area contributed by atoms with Gasteiger partial charge >= 0.3 is 0 Å². The zero-order valence-electron chi connectivity index (χ0n) is 13.2. The van der Waals surface area contributed by atoms with Crippen LogP contribution in [-0.4, -0.2) is 22.8 Å². The van der Waals surface area contributed by atoms with Crippen LogP contribution in [-0.2, 0) is 6.42 Å². The fourth-order valence-corrected chi connectivity index (χ4v) is 3.34. The molecule has 0 bridgehead atoms. The molecule has 1 heterocycles. The molecule has 112 valence electrons. The van der Waals surface area contributed by atoms with E-state index in [2.05, 4.69) is 46.5 Å². The highest BCUT2D eigenvalue weighted by molar-refractivity contribution is 7.99. The van der Waals surface area contributed by atoms with Crippen LogP contribution in [0, 0.1) is 13.8 Å². The third-order valence-corrected chi connectivity index (χ3v) is 4.42. The Bertz CT molecular complexity index is 561. The summed E-state index contributed by atoms with van der Waals surface area (Å²) in [6.45, 7) is 6.20. The van der Waals surface area contributed by atoms with Gasteiger partial charge in [-0.15, -0.1) is 0 Å². The summed E-state index contributed by atoms with van der Waals surface area (Å²) in [5, 5.41) is 4.24. The molecule has 2 aromatic rings. The van der Waals surface area contributed by atoms with Gasteiger partial charge in [-0.3, -0.25) is 0 Å². The van der Waals surface area contributed by atoms with E-state index in [9.17, 15) is 0 Å². The molecule has 0 aliphatic heterocycles. The Morgan fingerprint density at radius 3 is 2.24 bits per heavy atom. The SMILES string of the molecule is CCc1ccc(C(CSc2nc(C)cc(C)n2)NC)cc1. The molecule has 1 aromatic heterocycles. The summed E-state index contributed by atoms with van der Waals surface area (Å²) in [5.74, 6) is 0.921. The normalized spacial score (nSPS) is 12.4. The lowest BCUT2D eigenvalue weighted by Gasteiger charge is -2.16. The van der Waals surface area contributed by atoms with Crippen molar-refractivity contribution in [3.63, 3.8) is 0 Å². The average Bonchev–Trinajstić information content (AvgIpc) is 2.47. The molecule has 0 saturated heterocycles. The average molecular weight is 301 g/mol. The third kappa shape index (κ3) is 4.55. The lowest BCUT2D eigenvalue weighted by atomic mass is 10.1. The number of thioether (sulfide) groups is 1. The molecule has 1 aromatic carbocycles. The van der Waals surface area contributed by atoms with E-state index in [1.54, 1.807) is 11.8 Å². The second kappa shape index (κ2) is 7.57. The first-order valence-corrected chi connectivity index (χ1v) is 8.32. The minimum atomic E-state index is 0.310. The first-order valence-electron chi connectivity index (χ1n) is 7.33. The maximum atomic E-state index is 4.49. The predicted octanol–water partition coefficient (Wildman–Crippen LogP) is 3.71. The molecule has 0 radical (unpaired) electrons. The van der Waals surface area contributed by atoms with E-state index in [0.29, 0.717) is 6.04 Å². The van der Waals surface area contributed by atoms with Crippen molar-refractivity contribution in [2.24, 2.45) is 0 Å². The summed E-state index contributed by atoms with van der Waals surface area (Å²) >= 11 is 1.70. The molecular weight excluding hydrogens is 278 g/mol. The molecule has 1 N–H and O–H groups in total. The summed E-state index contributed by atoms with van der Waals surface area (Å²) in [4.78, 5) is 8.97. The monoisotopic (exact) mass is 301 g/mol. The predicted molar refractivity (Wildman–Crippen MR) is 89.9 cm³/mol. The molecule has 0 fully saturated rings. The standard InChI is InChI=1S/C17H23N3S/c1-5-14-6-8-15(9-7-14)16(18-4)11-21-17-19-12(2)10-13(3)20-17/h6-10,16,18H,5,11H2,1-4H3. The first-order chi connectivity index (χ1) is 10.1. The Labute approximate surface area is 131 Å². The van der Waals surface area contributed by atoms with Gasteiger partial charge in [-0.25, -0.2) is 9.97 Å². The molecule has 0 spiro atoms. The molecular formula is C17H23N3S. The van der Waals surface area contributed by atoms with Crippen LogP contribution in [0.25, 0.3) is 0 Å². The molecule has 3 nitrogen and oxygen atoms in total. The van der Waals surface area contributed by atoms with E-state index in [-0.39, 0.29) is 0 Å². The van der Waals surface area contributed by atoms with Crippen molar-refractivity contribution in [2.45, 2.75) is 38.4 Å². The summed E-state index contributed by atoms with van der Waals surface area (Å²) in [6, 6.07) is 11.1. The van der Waals surface area contributed by atoms with E-state index in [1.165, 1.54) is 11.1 Å². The van der Waals surface area contributed by atoms with E-state index in [0.717, 1.165) is 28.7 Å². The van der Waals surface area contributed by atoms with Crippen molar-refractivity contribution >= 4 is 11.8 Å². The Kier molecular flexibility index (Phi) is 5.76. The number of rotatable bonds is 6. The number of aryl methyl sites for hydroxylation is 3. The van der Waals surface area contributed by atoms with Crippen LogP contribution >= 0.6 is 11.8 Å². The number of nitrogens with one attached hydrogen (secondary N) is 1. The van der Waals surface area contributed by atoms with Gasteiger partial charge in [0.25, 0.3) is 0 Å². The molecule has 1 atom stereocenters. The van der Waals surface area contributed by atoms with Gasteiger partial charge in [0.2, 0.25) is 0 Å². The molecule has 0 saturated carbocycles. The highest BCUT2D eigenvalue weighted by Crippen LogP contribution is 2.23. The highest BCUT2D eigenvalue weighted by Gasteiger charge is 2.11. The molecule has 2 rings (SSSR count). The molecule has 4 heteroatoms. The molecule has 0 aliphatic rings. The smallest absolute Gasteiger partial charge is 0.188 e. The Hall–Kier alpha value is -1.39. The fraction of sp³-hybridized carbons (Fsp3) is 0.412. The molecule has 0 aliphatic carbocycles. The second-order valence-corrected chi connectivity index (χ2v) is 6.17. The van der Waals surface area contributed by atoms with E-state index in [1.807, 2.05) is 27.0 Å². The minimum Gasteiger partial charge on any atom is -0.312 e. The van der Waals surface area contributed by atoms with Gasteiger partial charge in [0.05, 0.1) is 0 Å². The largest absolute Gasteiger partial charge is 0.312 e. The number of nitrogens with zero attached hydrogens (tertiary/aromatic N) is 2. The van der Waals surface area contributed by atoms with E-state index in [4.69, 9.17) is 0 Å². The zero-order valence-corrected chi connectivity index (χ0v) is 14.0. The zero-order chi connectivity index (χ0) is 15.2. The Morgan fingerprint density at radius 2 is 1.71 bits per heavy atom. The van der Waals surface area contributed by atoms with Gasteiger partial charge in [-0.05, 0) is 44.5 Å².